The van der Waals surface area contributed by atoms with Crippen LogP contribution in [0.5, 0.6) is 0 Å². The molecule has 1 aromatic heterocycles. The average molecular weight is 629 g/mol. The van der Waals surface area contributed by atoms with E-state index in [-0.39, 0.29) is 42.3 Å². The van der Waals surface area contributed by atoms with Gasteiger partial charge in [-0.1, -0.05) is 65.7 Å². The maximum atomic E-state index is 14.0. The standard InChI is InChI=1S/C34H27ClF2N4O2S/c1-21-2-16-28(17-3-21)41-34-31(32(39-41)23-6-10-25(35)11-7-23)33(24-8-14-27(37)15-9-24)44-20-30(43)40(34)19-29(42)38-18-22-4-12-26(36)13-5-22/h2-17,33H,18-20H2,1H3,(H,38,42)/t33-/m0/s1. The molecule has 6 rings (SSSR count). The smallest absolute Gasteiger partial charge is 0.240 e. The van der Waals surface area contributed by atoms with Crippen LogP contribution in [0.2, 0.25) is 5.02 Å². The number of fused-ring (bicyclic) bond motifs is 1. The fourth-order valence-corrected chi connectivity index (χ4v) is 6.43. The number of nitrogens with one attached hydrogen (secondary N) is 1. The van der Waals surface area contributed by atoms with Crippen molar-refractivity contribution in [3.8, 4) is 16.9 Å². The van der Waals surface area contributed by atoms with Gasteiger partial charge < -0.3 is 5.32 Å². The second kappa shape index (κ2) is 12.6. The van der Waals surface area contributed by atoms with Crippen molar-refractivity contribution >= 4 is 41.0 Å². The number of aryl methyl sites for hydroxylation is 1. The van der Waals surface area contributed by atoms with E-state index in [0.717, 1.165) is 27.8 Å². The van der Waals surface area contributed by atoms with Crippen LogP contribution in [0.25, 0.3) is 16.9 Å². The van der Waals surface area contributed by atoms with E-state index < -0.39 is 5.25 Å². The van der Waals surface area contributed by atoms with Gasteiger partial charge in [0.05, 0.1) is 22.4 Å². The third kappa shape index (κ3) is 6.25. The van der Waals surface area contributed by atoms with Crippen molar-refractivity contribution < 1.29 is 18.4 Å². The van der Waals surface area contributed by atoms with Gasteiger partial charge in [0.25, 0.3) is 0 Å². The largest absolute Gasteiger partial charge is 0.350 e. The van der Waals surface area contributed by atoms with Crippen molar-refractivity contribution in [1.29, 1.82) is 0 Å². The van der Waals surface area contributed by atoms with Crippen LogP contribution in [0.15, 0.2) is 97.1 Å². The molecule has 5 aromatic rings. The number of aromatic nitrogens is 2. The second-order valence-electron chi connectivity index (χ2n) is 10.5. The Morgan fingerprint density at radius 2 is 1.57 bits per heavy atom. The first-order valence-corrected chi connectivity index (χ1v) is 15.3. The number of carbonyl (C=O) groups is 2. The zero-order chi connectivity index (χ0) is 30.8. The SMILES string of the molecule is Cc1ccc(-n2nc(-c3ccc(Cl)cc3)c3c2N(CC(=O)NCc2ccc(F)cc2)C(=O)CS[C@H]3c2ccc(F)cc2)cc1. The molecule has 0 fully saturated rings. The first-order valence-electron chi connectivity index (χ1n) is 13.9. The van der Waals surface area contributed by atoms with Crippen molar-refractivity contribution in [3.05, 3.63) is 136 Å². The van der Waals surface area contributed by atoms with E-state index in [1.807, 2.05) is 43.3 Å². The van der Waals surface area contributed by atoms with E-state index in [2.05, 4.69) is 5.32 Å². The Morgan fingerprint density at radius 1 is 0.932 bits per heavy atom. The molecule has 6 nitrogen and oxygen atoms in total. The van der Waals surface area contributed by atoms with E-state index in [4.69, 9.17) is 16.7 Å². The fourth-order valence-electron chi connectivity index (χ4n) is 5.11. The highest BCUT2D eigenvalue weighted by Gasteiger charge is 2.37. The molecule has 1 aliphatic rings. The van der Waals surface area contributed by atoms with E-state index in [1.165, 1.54) is 40.9 Å². The number of hydrogen-bond donors (Lipinski definition) is 1. The van der Waals surface area contributed by atoms with Crippen molar-refractivity contribution in [3.63, 3.8) is 0 Å². The number of carbonyl (C=O) groups excluding carboxylic acids is 2. The first-order chi connectivity index (χ1) is 21.3. The van der Waals surface area contributed by atoms with Gasteiger partial charge in [0.2, 0.25) is 11.8 Å². The average Bonchev–Trinajstić information content (AvgIpc) is 3.34. The number of anilines is 1. The molecular weight excluding hydrogens is 602 g/mol. The minimum atomic E-state index is -0.397. The lowest BCUT2D eigenvalue weighted by Crippen LogP contribution is -2.42. The Hall–Kier alpha value is -4.47. The Labute approximate surface area is 262 Å². The molecule has 1 atom stereocenters. The summed E-state index contributed by atoms with van der Waals surface area (Å²) in [6.07, 6.45) is 0. The number of nitrogens with zero attached hydrogens (tertiary/aromatic N) is 3. The number of hydrogen-bond acceptors (Lipinski definition) is 4. The summed E-state index contributed by atoms with van der Waals surface area (Å²) >= 11 is 7.62. The molecule has 1 N–H and O–H groups in total. The minimum absolute atomic E-state index is 0.0793. The maximum absolute atomic E-state index is 14.0. The van der Waals surface area contributed by atoms with Gasteiger partial charge in [-0.2, -0.15) is 5.10 Å². The summed E-state index contributed by atoms with van der Waals surface area (Å²) in [7, 11) is 0. The van der Waals surface area contributed by atoms with Crippen LogP contribution in [0.3, 0.4) is 0 Å². The monoisotopic (exact) mass is 628 g/mol. The maximum Gasteiger partial charge on any atom is 0.240 e. The van der Waals surface area contributed by atoms with E-state index >= 15 is 0 Å². The zero-order valence-corrected chi connectivity index (χ0v) is 25.2. The van der Waals surface area contributed by atoms with Crippen LogP contribution >= 0.6 is 23.4 Å². The zero-order valence-electron chi connectivity index (χ0n) is 23.6. The van der Waals surface area contributed by atoms with Gasteiger partial charge in [0.1, 0.15) is 24.0 Å². The number of halogens is 3. The lowest BCUT2D eigenvalue weighted by atomic mass is 9.99. The molecule has 44 heavy (non-hydrogen) atoms. The summed E-state index contributed by atoms with van der Waals surface area (Å²) in [4.78, 5) is 28.7. The predicted molar refractivity (Wildman–Crippen MR) is 170 cm³/mol. The van der Waals surface area contributed by atoms with Gasteiger partial charge in [0, 0.05) is 22.7 Å². The van der Waals surface area contributed by atoms with Crippen molar-refractivity contribution in [1.82, 2.24) is 15.1 Å². The quantitative estimate of drug-likeness (QED) is 0.206. The van der Waals surface area contributed by atoms with Gasteiger partial charge in [0.15, 0.2) is 0 Å². The van der Waals surface area contributed by atoms with Crippen LogP contribution in [0.4, 0.5) is 14.6 Å². The summed E-state index contributed by atoms with van der Waals surface area (Å²) in [6, 6.07) is 27.1. The number of amides is 2. The third-order valence-electron chi connectivity index (χ3n) is 7.36. The highest BCUT2D eigenvalue weighted by molar-refractivity contribution is 8.00. The van der Waals surface area contributed by atoms with Crippen LogP contribution in [0, 0.1) is 18.6 Å². The first kappa shape index (κ1) is 29.6. The molecule has 0 unspecified atom stereocenters. The van der Waals surface area contributed by atoms with E-state index in [1.54, 1.807) is 41.1 Å². The number of benzene rings is 4. The predicted octanol–water partition coefficient (Wildman–Crippen LogP) is 7.26. The molecule has 4 aromatic carbocycles. The summed E-state index contributed by atoms with van der Waals surface area (Å²) < 4.78 is 29.1. The fraction of sp³-hybridized carbons (Fsp3) is 0.147. The van der Waals surface area contributed by atoms with Crippen molar-refractivity contribution in [2.45, 2.75) is 18.7 Å². The highest BCUT2D eigenvalue weighted by atomic mass is 35.5. The number of rotatable bonds is 7. The Balaban J connectivity index is 1.50. The summed E-state index contributed by atoms with van der Waals surface area (Å²) in [5.74, 6) is -0.846. The Bertz CT molecular complexity index is 1810. The van der Waals surface area contributed by atoms with Gasteiger partial charge in [-0.05, 0) is 66.6 Å². The van der Waals surface area contributed by atoms with Gasteiger partial charge in [-0.3, -0.25) is 14.5 Å². The summed E-state index contributed by atoms with van der Waals surface area (Å²) in [6.45, 7) is 1.89. The van der Waals surface area contributed by atoms with E-state index in [9.17, 15) is 18.4 Å². The normalized spacial score (nSPS) is 14.7. The van der Waals surface area contributed by atoms with Crippen molar-refractivity contribution in [2.75, 3.05) is 17.2 Å². The second-order valence-corrected chi connectivity index (χ2v) is 12.0. The topological polar surface area (TPSA) is 67.2 Å². The molecule has 0 bridgehead atoms. The van der Waals surface area contributed by atoms with Crippen LogP contribution in [-0.4, -0.2) is 33.9 Å². The lowest BCUT2D eigenvalue weighted by Gasteiger charge is -2.23. The Morgan fingerprint density at radius 3 is 2.23 bits per heavy atom. The number of thioether (sulfide) groups is 1. The van der Waals surface area contributed by atoms with Crippen molar-refractivity contribution in [2.24, 2.45) is 0 Å². The molecule has 222 valence electrons. The van der Waals surface area contributed by atoms with Gasteiger partial charge >= 0.3 is 0 Å². The molecule has 2 amide bonds. The van der Waals surface area contributed by atoms with Crippen LogP contribution in [-0.2, 0) is 16.1 Å². The Kier molecular flexibility index (Phi) is 8.50. The molecule has 1 aliphatic heterocycles. The van der Waals surface area contributed by atoms with Gasteiger partial charge in [-0.25, -0.2) is 13.5 Å². The van der Waals surface area contributed by atoms with Crippen LogP contribution < -0.4 is 10.2 Å². The molecule has 0 spiro atoms. The molecule has 0 aliphatic carbocycles. The molecule has 2 heterocycles. The lowest BCUT2D eigenvalue weighted by molar-refractivity contribution is -0.123. The summed E-state index contributed by atoms with van der Waals surface area (Å²) in [5.41, 5.74) is 5.40. The van der Waals surface area contributed by atoms with Gasteiger partial charge in [-0.15, -0.1) is 11.8 Å². The molecule has 10 heteroatoms. The molecular formula is C34H27ClF2N4O2S. The summed E-state index contributed by atoms with van der Waals surface area (Å²) in [5, 5.41) is 8.07. The molecule has 0 radical (unpaired) electrons. The highest BCUT2D eigenvalue weighted by Crippen LogP contribution is 2.48. The molecule has 0 saturated heterocycles. The minimum Gasteiger partial charge on any atom is -0.350 e. The van der Waals surface area contributed by atoms with E-state index in [0.29, 0.717) is 22.2 Å². The molecule has 0 saturated carbocycles. The van der Waals surface area contributed by atoms with Crippen LogP contribution in [0.1, 0.15) is 27.5 Å². The third-order valence-corrected chi connectivity index (χ3v) is 8.87.